The molecule has 0 N–H and O–H groups in total. The molecule has 2 atom stereocenters. The minimum Gasteiger partial charge on any atom is -0.295 e. The Morgan fingerprint density at radius 2 is 2.40 bits per heavy atom. The Labute approximate surface area is 62.1 Å². The van der Waals surface area contributed by atoms with E-state index >= 15 is 0 Å². The van der Waals surface area contributed by atoms with E-state index in [9.17, 15) is 4.79 Å². The zero-order valence-electron chi connectivity index (χ0n) is 6.63. The lowest BCUT2D eigenvalue weighted by molar-refractivity contribution is -0.116. The first-order valence-electron chi connectivity index (χ1n) is 3.95. The van der Waals surface area contributed by atoms with E-state index in [-0.39, 0.29) is 5.78 Å². The number of rotatable bonds is 1. The highest BCUT2D eigenvalue weighted by atomic mass is 16.1. The molecule has 1 aliphatic carbocycles. The lowest BCUT2D eigenvalue weighted by Crippen LogP contribution is -2.16. The summed E-state index contributed by atoms with van der Waals surface area (Å²) in [5.41, 5.74) is 0. The number of allylic oxidation sites excluding steroid dienone is 2. The third-order valence-electron chi connectivity index (χ3n) is 2.25. The third kappa shape index (κ3) is 1.47. The predicted molar refractivity (Wildman–Crippen MR) is 41.7 cm³/mol. The minimum absolute atomic E-state index is 0.289. The van der Waals surface area contributed by atoms with Crippen molar-refractivity contribution in [3.63, 3.8) is 0 Å². The van der Waals surface area contributed by atoms with Crippen LogP contribution in [0.1, 0.15) is 26.7 Å². The van der Waals surface area contributed by atoms with Crippen molar-refractivity contribution in [1.82, 2.24) is 0 Å². The highest BCUT2D eigenvalue weighted by molar-refractivity contribution is 5.90. The van der Waals surface area contributed by atoms with Gasteiger partial charge in [0, 0.05) is 6.42 Å². The summed E-state index contributed by atoms with van der Waals surface area (Å²) in [6, 6.07) is 0. The van der Waals surface area contributed by atoms with Crippen LogP contribution in [0.15, 0.2) is 12.2 Å². The van der Waals surface area contributed by atoms with Crippen molar-refractivity contribution < 1.29 is 4.79 Å². The van der Waals surface area contributed by atoms with Crippen LogP contribution in [0.25, 0.3) is 0 Å². The fourth-order valence-corrected chi connectivity index (χ4v) is 1.50. The second-order valence-electron chi connectivity index (χ2n) is 3.08. The first-order valence-corrected chi connectivity index (χ1v) is 3.95. The maximum absolute atomic E-state index is 10.8. The molecular weight excluding hydrogens is 124 g/mol. The van der Waals surface area contributed by atoms with Crippen LogP contribution >= 0.6 is 0 Å². The maximum atomic E-state index is 10.8. The molecule has 0 aromatic rings. The molecule has 1 aliphatic rings. The monoisotopic (exact) mass is 138 g/mol. The summed E-state index contributed by atoms with van der Waals surface area (Å²) in [6.45, 7) is 4.32. The molecule has 1 rings (SSSR count). The van der Waals surface area contributed by atoms with Gasteiger partial charge in [0.15, 0.2) is 5.78 Å². The maximum Gasteiger partial charge on any atom is 0.155 e. The molecule has 0 fully saturated rings. The molecule has 0 radical (unpaired) electrons. The van der Waals surface area contributed by atoms with Crippen LogP contribution in [-0.4, -0.2) is 5.78 Å². The SMILES string of the molecule is CCC1C=CC(=O)CC1C. The van der Waals surface area contributed by atoms with Gasteiger partial charge in [-0.1, -0.05) is 19.9 Å². The van der Waals surface area contributed by atoms with Crippen molar-refractivity contribution in [2.45, 2.75) is 26.7 Å². The van der Waals surface area contributed by atoms with E-state index in [1.54, 1.807) is 6.08 Å². The lowest BCUT2D eigenvalue weighted by Gasteiger charge is -2.21. The summed E-state index contributed by atoms with van der Waals surface area (Å²) < 4.78 is 0. The molecule has 0 bridgehead atoms. The van der Waals surface area contributed by atoms with Gasteiger partial charge < -0.3 is 0 Å². The molecule has 2 unspecified atom stereocenters. The van der Waals surface area contributed by atoms with Crippen molar-refractivity contribution in [3.8, 4) is 0 Å². The molecule has 0 amide bonds. The fraction of sp³-hybridized carbons (Fsp3) is 0.667. The molecule has 0 heterocycles. The van der Waals surface area contributed by atoms with Gasteiger partial charge in [-0.05, 0) is 24.3 Å². The van der Waals surface area contributed by atoms with Crippen molar-refractivity contribution in [2.24, 2.45) is 11.8 Å². The van der Waals surface area contributed by atoms with Crippen LogP contribution in [0.2, 0.25) is 0 Å². The number of carbonyl (C=O) groups is 1. The van der Waals surface area contributed by atoms with Gasteiger partial charge in [-0.25, -0.2) is 0 Å². The summed E-state index contributed by atoms with van der Waals surface area (Å²) >= 11 is 0. The number of hydrogen-bond donors (Lipinski definition) is 0. The second-order valence-corrected chi connectivity index (χ2v) is 3.08. The van der Waals surface area contributed by atoms with Gasteiger partial charge in [0.05, 0.1) is 0 Å². The van der Waals surface area contributed by atoms with Crippen LogP contribution in [0.4, 0.5) is 0 Å². The minimum atomic E-state index is 0.289. The van der Waals surface area contributed by atoms with Crippen molar-refractivity contribution in [1.29, 1.82) is 0 Å². The van der Waals surface area contributed by atoms with Gasteiger partial charge in [0.1, 0.15) is 0 Å². The van der Waals surface area contributed by atoms with Gasteiger partial charge in [-0.15, -0.1) is 0 Å². The van der Waals surface area contributed by atoms with Gasteiger partial charge in [-0.3, -0.25) is 4.79 Å². The molecule has 56 valence electrons. The van der Waals surface area contributed by atoms with Gasteiger partial charge in [0.25, 0.3) is 0 Å². The topological polar surface area (TPSA) is 17.1 Å². The zero-order valence-corrected chi connectivity index (χ0v) is 6.63. The largest absolute Gasteiger partial charge is 0.295 e. The van der Waals surface area contributed by atoms with Crippen LogP contribution < -0.4 is 0 Å². The molecule has 0 aromatic heterocycles. The third-order valence-corrected chi connectivity index (χ3v) is 2.25. The summed E-state index contributed by atoms with van der Waals surface area (Å²) in [7, 11) is 0. The van der Waals surface area contributed by atoms with E-state index in [1.165, 1.54) is 0 Å². The number of ketones is 1. The smallest absolute Gasteiger partial charge is 0.155 e. The van der Waals surface area contributed by atoms with E-state index in [0.717, 1.165) is 12.8 Å². The molecule has 0 saturated carbocycles. The Bertz CT molecular complexity index is 158. The van der Waals surface area contributed by atoms with Crippen LogP contribution in [0.3, 0.4) is 0 Å². The number of hydrogen-bond acceptors (Lipinski definition) is 1. The molecule has 0 aliphatic heterocycles. The molecule has 10 heavy (non-hydrogen) atoms. The molecule has 1 heteroatoms. The molecule has 0 aromatic carbocycles. The fourth-order valence-electron chi connectivity index (χ4n) is 1.50. The predicted octanol–water partition coefficient (Wildman–Crippen LogP) is 2.18. The van der Waals surface area contributed by atoms with Crippen molar-refractivity contribution in [2.75, 3.05) is 0 Å². The van der Waals surface area contributed by atoms with Crippen molar-refractivity contribution in [3.05, 3.63) is 12.2 Å². The van der Waals surface area contributed by atoms with Gasteiger partial charge >= 0.3 is 0 Å². The normalized spacial score (nSPS) is 32.8. The van der Waals surface area contributed by atoms with Gasteiger partial charge in [0.2, 0.25) is 0 Å². The summed E-state index contributed by atoms with van der Waals surface area (Å²) in [4.78, 5) is 10.8. The number of carbonyl (C=O) groups excluding carboxylic acids is 1. The highest BCUT2D eigenvalue weighted by Gasteiger charge is 2.18. The molecular formula is C9H14O. The standard InChI is InChI=1S/C9H14O/c1-3-8-4-5-9(10)6-7(8)2/h4-5,7-8H,3,6H2,1-2H3. The Hall–Kier alpha value is -0.590. The first kappa shape index (κ1) is 7.52. The van der Waals surface area contributed by atoms with E-state index in [0.29, 0.717) is 11.8 Å². The Morgan fingerprint density at radius 1 is 1.70 bits per heavy atom. The molecule has 0 spiro atoms. The van der Waals surface area contributed by atoms with Crippen molar-refractivity contribution >= 4 is 5.78 Å². The van der Waals surface area contributed by atoms with E-state index in [4.69, 9.17) is 0 Å². The lowest BCUT2D eigenvalue weighted by atomic mass is 9.83. The van der Waals surface area contributed by atoms with Gasteiger partial charge in [-0.2, -0.15) is 0 Å². The summed E-state index contributed by atoms with van der Waals surface area (Å²) in [5.74, 6) is 1.48. The first-order chi connectivity index (χ1) is 4.74. The van der Waals surface area contributed by atoms with Crippen LogP contribution in [0.5, 0.6) is 0 Å². The second kappa shape index (κ2) is 3.00. The van der Waals surface area contributed by atoms with E-state index in [1.807, 2.05) is 0 Å². The summed E-state index contributed by atoms with van der Waals surface area (Å²) in [6.07, 6.45) is 5.69. The summed E-state index contributed by atoms with van der Waals surface area (Å²) in [5, 5.41) is 0. The van der Waals surface area contributed by atoms with E-state index in [2.05, 4.69) is 19.9 Å². The Morgan fingerprint density at radius 3 is 2.90 bits per heavy atom. The molecule has 1 nitrogen and oxygen atoms in total. The van der Waals surface area contributed by atoms with E-state index < -0.39 is 0 Å². The zero-order chi connectivity index (χ0) is 7.56. The van der Waals surface area contributed by atoms with Crippen LogP contribution in [0, 0.1) is 11.8 Å². The average molecular weight is 138 g/mol. The highest BCUT2D eigenvalue weighted by Crippen LogP contribution is 2.24. The quantitative estimate of drug-likeness (QED) is 0.542. The Balaban J connectivity index is 2.62. The molecule has 0 saturated heterocycles. The van der Waals surface area contributed by atoms with Crippen LogP contribution in [-0.2, 0) is 4.79 Å². The Kier molecular flexibility index (Phi) is 2.25. The average Bonchev–Trinajstić information content (AvgIpc) is 1.88.